The number of nitrogens with one attached hydrogen (secondary N) is 1. The molecular formula is C15H10F5N5O2. The van der Waals surface area contributed by atoms with Gasteiger partial charge >= 0.3 is 12.8 Å². The first-order valence-electron chi connectivity index (χ1n) is 7.34. The summed E-state index contributed by atoms with van der Waals surface area (Å²) in [7, 11) is 0. The summed E-state index contributed by atoms with van der Waals surface area (Å²) in [6.07, 6.45) is -4.69. The molecule has 0 atom stereocenters. The van der Waals surface area contributed by atoms with Crippen LogP contribution in [-0.4, -0.2) is 31.6 Å². The van der Waals surface area contributed by atoms with E-state index in [1.165, 1.54) is 36.4 Å². The lowest BCUT2D eigenvalue weighted by Gasteiger charge is -2.07. The van der Waals surface area contributed by atoms with Crippen LogP contribution < -0.4 is 10.3 Å². The number of ether oxygens (including phenoxy) is 1. The fraction of sp³-hybridized carbons (Fsp3) is 0.200. The van der Waals surface area contributed by atoms with Crippen LogP contribution in [0.15, 0.2) is 41.2 Å². The molecule has 3 aromatic rings. The molecule has 12 heteroatoms. The maximum atomic E-state index is 12.5. The average Bonchev–Trinajstić information content (AvgIpc) is 3.06. The number of halogens is 5. The maximum Gasteiger partial charge on any atom is 0.451 e. The molecule has 27 heavy (non-hydrogen) atoms. The summed E-state index contributed by atoms with van der Waals surface area (Å²) in [5.41, 5.74) is 0.217. The molecule has 0 spiro atoms. The van der Waals surface area contributed by atoms with E-state index in [0.29, 0.717) is 11.3 Å². The molecule has 0 saturated carbocycles. The van der Waals surface area contributed by atoms with E-state index >= 15 is 0 Å². The van der Waals surface area contributed by atoms with Gasteiger partial charge in [0.1, 0.15) is 12.3 Å². The lowest BCUT2D eigenvalue weighted by atomic mass is 10.1. The molecule has 142 valence electrons. The SMILES string of the molecule is O=c1ccc(-c2ccc(OC(F)F)cc2)nn1Cc1nnc(C(F)(F)F)[nH]1. The molecule has 7 nitrogen and oxygen atoms in total. The van der Waals surface area contributed by atoms with Crippen LogP contribution in [0.3, 0.4) is 0 Å². The van der Waals surface area contributed by atoms with E-state index in [2.05, 4.69) is 20.0 Å². The zero-order valence-corrected chi connectivity index (χ0v) is 13.2. The van der Waals surface area contributed by atoms with Crippen LogP contribution in [0.25, 0.3) is 11.3 Å². The summed E-state index contributed by atoms with van der Waals surface area (Å²) in [6.45, 7) is -3.32. The first-order valence-corrected chi connectivity index (χ1v) is 7.34. The zero-order chi connectivity index (χ0) is 19.6. The summed E-state index contributed by atoms with van der Waals surface area (Å²) in [5.74, 6) is -1.53. The molecule has 2 heterocycles. The summed E-state index contributed by atoms with van der Waals surface area (Å²) >= 11 is 0. The second-order valence-electron chi connectivity index (χ2n) is 5.24. The third-order valence-corrected chi connectivity index (χ3v) is 3.34. The van der Waals surface area contributed by atoms with Gasteiger partial charge in [0.2, 0.25) is 5.82 Å². The van der Waals surface area contributed by atoms with E-state index in [4.69, 9.17) is 0 Å². The predicted molar refractivity (Wildman–Crippen MR) is 81.1 cm³/mol. The highest BCUT2D eigenvalue weighted by Crippen LogP contribution is 2.25. The van der Waals surface area contributed by atoms with E-state index in [-0.39, 0.29) is 18.1 Å². The van der Waals surface area contributed by atoms with Gasteiger partial charge < -0.3 is 9.72 Å². The molecule has 0 aliphatic heterocycles. The van der Waals surface area contributed by atoms with Crippen molar-refractivity contribution in [2.75, 3.05) is 0 Å². The zero-order valence-electron chi connectivity index (χ0n) is 13.2. The van der Waals surface area contributed by atoms with Crippen LogP contribution in [-0.2, 0) is 12.7 Å². The molecule has 0 saturated heterocycles. The number of H-pyrrole nitrogens is 1. The minimum Gasteiger partial charge on any atom is -0.435 e. The highest BCUT2D eigenvalue weighted by atomic mass is 19.4. The standard InChI is InChI=1S/C15H10F5N5O2/c16-14(17)27-9-3-1-8(2-4-9)10-5-6-12(26)25(24-10)7-11-21-13(23-22-11)15(18,19)20/h1-6,14H,7H2,(H,21,22,23). The van der Waals surface area contributed by atoms with Crippen molar-refractivity contribution in [2.45, 2.75) is 19.3 Å². The molecule has 0 aliphatic rings. The third-order valence-electron chi connectivity index (χ3n) is 3.34. The van der Waals surface area contributed by atoms with Gasteiger partial charge in [-0.3, -0.25) is 4.79 Å². The highest BCUT2D eigenvalue weighted by Gasteiger charge is 2.35. The maximum absolute atomic E-state index is 12.5. The fourth-order valence-electron chi connectivity index (χ4n) is 2.16. The van der Waals surface area contributed by atoms with Gasteiger partial charge in [-0.15, -0.1) is 10.2 Å². The largest absolute Gasteiger partial charge is 0.451 e. The Labute approximate surface area is 147 Å². The van der Waals surface area contributed by atoms with Gasteiger partial charge in [0, 0.05) is 11.6 Å². The summed E-state index contributed by atoms with van der Waals surface area (Å²) in [4.78, 5) is 13.9. The monoisotopic (exact) mass is 387 g/mol. The fourth-order valence-corrected chi connectivity index (χ4v) is 2.16. The Morgan fingerprint density at radius 1 is 1.07 bits per heavy atom. The second kappa shape index (κ2) is 7.13. The van der Waals surface area contributed by atoms with Crippen molar-refractivity contribution in [1.29, 1.82) is 0 Å². The van der Waals surface area contributed by atoms with Crippen molar-refractivity contribution in [3.63, 3.8) is 0 Å². The Bertz CT molecular complexity index is 981. The van der Waals surface area contributed by atoms with Gasteiger partial charge in [0.15, 0.2) is 5.82 Å². The van der Waals surface area contributed by atoms with Gasteiger partial charge in [-0.25, -0.2) is 4.68 Å². The molecule has 3 rings (SSSR count). The van der Waals surface area contributed by atoms with Crippen LogP contribution in [0.2, 0.25) is 0 Å². The van der Waals surface area contributed by atoms with Gasteiger partial charge in [-0.05, 0) is 30.3 Å². The van der Waals surface area contributed by atoms with Crippen molar-refractivity contribution in [3.8, 4) is 17.0 Å². The van der Waals surface area contributed by atoms with E-state index in [9.17, 15) is 26.7 Å². The Balaban J connectivity index is 1.84. The smallest absolute Gasteiger partial charge is 0.435 e. The summed E-state index contributed by atoms with van der Waals surface area (Å²) in [5, 5.41) is 10.4. The minimum absolute atomic E-state index is 0.0524. The Kier molecular flexibility index (Phi) is 4.88. The number of alkyl halides is 5. The molecule has 1 N–H and O–H groups in total. The first-order chi connectivity index (χ1) is 12.7. The van der Waals surface area contributed by atoms with Crippen LogP contribution in [0.1, 0.15) is 11.6 Å². The quantitative estimate of drug-likeness (QED) is 0.681. The molecule has 1 aromatic carbocycles. The Hall–Kier alpha value is -3.31. The van der Waals surface area contributed by atoms with E-state index in [1.54, 1.807) is 0 Å². The molecule has 0 radical (unpaired) electrons. The van der Waals surface area contributed by atoms with Crippen LogP contribution >= 0.6 is 0 Å². The van der Waals surface area contributed by atoms with Crippen LogP contribution in [0, 0.1) is 0 Å². The van der Waals surface area contributed by atoms with E-state index in [1.807, 2.05) is 4.98 Å². The number of rotatable bonds is 5. The summed E-state index contributed by atoms with van der Waals surface area (Å²) < 4.78 is 67.1. The topological polar surface area (TPSA) is 85.7 Å². The lowest BCUT2D eigenvalue weighted by molar-refractivity contribution is -0.144. The molecule has 2 aromatic heterocycles. The number of aromatic amines is 1. The van der Waals surface area contributed by atoms with Gasteiger partial charge in [-0.1, -0.05) is 0 Å². The Morgan fingerprint density at radius 2 is 1.78 bits per heavy atom. The number of aromatic nitrogens is 5. The molecule has 0 bridgehead atoms. The van der Waals surface area contributed by atoms with E-state index in [0.717, 1.165) is 4.68 Å². The van der Waals surface area contributed by atoms with Crippen molar-refractivity contribution in [1.82, 2.24) is 25.0 Å². The second-order valence-corrected chi connectivity index (χ2v) is 5.24. The van der Waals surface area contributed by atoms with Gasteiger partial charge in [-0.2, -0.15) is 27.1 Å². The first kappa shape index (κ1) is 18.5. The molecule has 0 unspecified atom stereocenters. The van der Waals surface area contributed by atoms with Crippen molar-refractivity contribution in [3.05, 3.63) is 58.4 Å². The normalized spacial score (nSPS) is 11.8. The molecule has 0 amide bonds. The van der Waals surface area contributed by atoms with E-state index < -0.39 is 24.2 Å². The van der Waals surface area contributed by atoms with Crippen molar-refractivity contribution >= 4 is 0 Å². The lowest BCUT2D eigenvalue weighted by Crippen LogP contribution is -2.23. The van der Waals surface area contributed by atoms with Crippen molar-refractivity contribution in [2.24, 2.45) is 0 Å². The number of hydrogen-bond acceptors (Lipinski definition) is 5. The van der Waals surface area contributed by atoms with Crippen LogP contribution in [0.4, 0.5) is 22.0 Å². The van der Waals surface area contributed by atoms with Crippen LogP contribution in [0.5, 0.6) is 5.75 Å². The molecular weight excluding hydrogens is 377 g/mol. The van der Waals surface area contributed by atoms with Gasteiger partial charge in [0.25, 0.3) is 5.56 Å². The predicted octanol–water partition coefficient (Wildman–Crippen LogP) is 2.70. The third kappa shape index (κ3) is 4.46. The van der Waals surface area contributed by atoms with Gasteiger partial charge in [0.05, 0.1) is 5.69 Å². The average molecular weight is 387 g/mol. The highest BCUT2D eigenvalue weighted by molar-refractivity contribution is 5.59. The molecule has 0 fully saturated rings. The number of hydrogen-bond donors (Lipinski definition) is 1. The Morgan fingerprint density at radius 3 is 2.37 bits per heavy atom. The van der Waals surface area contributed by atoms with Crippen molar-refractivity contribution < 1.29 is 26.7 Å². The molecule has 0 aliphatic carbocycles. The number of nitrogens with zero attached hydrogens (tertiary/aromatic N) is 4. The number of benzene rings is 1. The minimum atomic E-state index is -4.69. The summed E-state index contributed by atoms with van der Waals surface area (Å²) in [6, 6.07) is 8.06.